The number of nitrogens with two attached hydrogens (primary N) is 1. The van der Waals surface area contributed by atoms with E-state index in [9.17, 15) is 0 Å². The molecule has 0 saturated carbocycles. The number of halogens is 1. The van der Waals surface area contributed by atoms with E-state index in [1.165, 1.54) is 5.56 Å². The van der Waals surface area contributed by atoms with Crippen LogP contribution in [0.15, 0.2) is 42.5 Å². The lowest BCUT2D eigenvalue weighted by atomic mass is 10.1. The zero-order chi connectivity index (χ0) is 12.3. The molecule has 0 aliphatic rings. The molecule has 2 rings (SSSR count). The van der Waals surface area contributed by atoms with Crippen LogP contribution in [-0.4, -0.2) is 0 Å². The quantitative estimate of drug-likeness (QED) is 0.796. The lowest BCUT2D eigenvalue weighted by molar-refractivity contribution is 1.14. The van der Waals surface area contributed by atoms with Crippen LogP contribution in [0, 0.1) is 0 Å². The number of anilines is 3. The number of aryl methyl sites for hydroxylation is 1. The SMILES string of the molecule is CCc1cccc(Nc2c(N)cccc2Cl)c1. The van der Waals surface area contributed by atoms with Crippen molar-refractivity contribution in [2.24, 2.45) is 0 Å². The van der Waals surface area contributed by atoms with Crippen LogP contribution in [0.4, 0.5) is 17.1 Å². The summed E-state index contributed by atoms with van der Waals surface area (Å²) in [6.45, 7) is 2.13. The summed E-state index contributed by atoms with van der Waals surface area (Å²) in [5.74, 6) is 0. The number of para-hydroxylation sites is 1. The minimum absolute atomic E-state index is 0.631. The molecule has 88 valence electrons. The highest BCUT2D eigenvalue weighted by Crippen LogP contribution is 2.31. The van der Waals surface area contributed by atoms with Crippen LogP contribution in [0.25, 0.3) is 0 Å². The molecule has 0 heterocycles. The second kappa shape index (κ2) is 5.11. The molecular formula is C14H15ClN2. The molecule has 17 heavy (non-hydrogen) atoms. The molecule has 0 spiro atoms. The minimum atomic E-state index is 0.631. The predicted octanol–water partition coefficient (Wildman–Crippen LogP) is 4.23. The fraction of sp³-hybridized carbons (Fsp3) is 0.143. The Labute approximate surface area is 106 Å². The van der Waals surface area contributed by atoms with E-state index in [0.29, 0.717) is 10.7 Å². The zero-order valence-corrected chi connectivity index (χ0v) is 10.5. The van der Waals surface area contributed by atoms with Crippen molar-refractivity contribution in [3.05, 3.63) is 53.1 Å². The molecule has 0 fully saturated rings. The third-order valence-electron chi connectivity index (χ3n) is 2.65. The van der Waals surface area contributed by atoms with Crippen LogP contribution in [0.1, 0.15) is 12.5 Å². The fourth-order valence-corrected chi connectivity index (χ4v) is 1.92. The Morgan fingerprint density at radius 2 is 1.94 bits per heavy atom. The monoisotopic (exact) mass is 246 g/mol. The Morgan fingerprint density at radius 1 is 1.18 bits per heavy atom. The van der Waals surface area contributed by atoms with Crippen LogP contribution in [-0.2, 0) is 6.42 Å². The van der Waals surface area contributed by atoms with E-state index in [1.54, 1.807) is 0 Å². The maximum Gasteiger partial charge on any atom is 0.0807 e. The van der Waals surface area contributed by atoms with Gasteiger partial charge >= 0.3 is 0 Å². The van der Waals surface area contributed by atoms with Gasteiger partial charge in [0.05, 0.1) is 16.4 Å². The topological polar surface area (TPSA) is 38.0 Å². The van der Waals surface area contributed by atoms with E-state index in [0.717, 1.165) is 17.8 Å². The van der Waals surface area contributed by atoms with Gasteiger partial charge in [0.25, 0.3) is 0 Å². The van der Waals surface area contributed by atoms with E-state index in [4.69, 9.17) is 17.3 Å². The van der Waals surface area contributed by atoms with Crippen LogP contribution < -0.4 is 11.1 Å². The molecule has 2 nitrogen and oxygen atoms in total. The van der Waals surface area contributed by atoms with Crippen LogP contribution >= 0.6 is 11.6 Å². The van der Waals surface area contributed by atoms with Crippen molar-refractivity contribution in [1.82, 2.24) is 0 Å². The van der Waals surface area contributed by atoms with E-state index < -0.39 is 0 Å². The van der Waals surface area contributed by atoms with Crippen molar-refractivity contribution in [3.8, 4) is 0 Å². The van der Waals surface area contributed by atoms with Crippen molar-refractivity contribution < 1.29 is 0 Å². The first kappa shape index (κ1) is 11.8. The Balaban J connectivity index is 2.31. The summed E-state index contributed by atoms with van der Waals surface area (Å²) in [5.41, 5.74) is 9.59. The van der Waals surface area contributed by atoms with Gasteiger partial charge in [-0.25, -0.2) is 0 Å². The number of nitrogen functional groups attached to an aromatic ring is 1. The Hall–Kier alpha value is -1.67. The van der Waals surface area contributed by atoms with E-state index >= 15 is 0 Å². The molecule has 0 saturated heterocycles. The molecule has 2 aromatic carbocycles. The van der Waals surface area contributed by atoms with Gasteiger partial charge in [-0.3, -0.25) is 0 Å². The van der Waals surface area contributed by atoms with Crippen molar-refractivity contribution >= 4 is 28.7 Å². The summed E-state index contributed by atoms with van der Waals surface area (Å²) in [6.07, 6.45) is 1.01. The maximum absolute atomic E-state index is 6.11. The highest BCUT2D eigenvalue weighted by molar-refractivity contribution is 6.34. The van der Waals surface area contributed by atoms with E-state index in [1.807, 2.05) is 30.3 Å². The first-order valence-corrected chi connectivity index (χ1v) is 5.98. The summed E-state index contributed by atoms with van der Waals surface area (Å²) in [7, 11) is 0. The predicted molar refractivity (Wildman–Crippen MR) is 75.0 cm³/mol. The van der Waals surface area contributed by atoms with Crippen molar-refractivity contribution in [3.63, 3.8) is 0 Å². The molecule has 0 atom stereocenters. The molecule has 0 aliphatic heterocycles. The highest BCUT2D eigenvalue weighted by atomic mass is 35.5. The average Bonchev–Trinajstić information content (AvgIpc) is 2.34. The molecule has 0 aromatic heterocycles. The summed E-state index contributed by atoms with van der Waals surface area (Å²) < 4.78 is 0. The molecule has 0 unspecified atom stereocenters. The third-order valence-corrected chi connectivity index (χ3v) is 2.97. The molecule has 0 amide bonds. The summed E-state index contributed by atoms with van der Waals surface area (Å²) >= 11 is 6.11. The summed E-state index contributed by atoms with van der Waals surface area (Å²) in [6, 6.07) is 13.7. The van der Waals surface area contributed by atoms with Crippen molar-refractivity contribution in [2.75, 3.05) is 11.1 Å². The molecule has 2 aromatic rings. The van der Waals surface area contributed by atoms with Gasteiger partial charge in [0.2, 0.25) is 0 Å². The van der Waals surface area contributed by atoms with Gasteiger partial charge in [-0.1, -0.05) is 36.7 Å². The van der Waals surface area contributed by atoms with Crippen molar-refractivity contribution in [2.45, 2.75) is 13.3 Å². The molecule has 0 aliphatic carbocycles. The lowest BCUT2D eigenvalue weighted by Gasteiger charge is -2.11. The largest absolute Gasteiger partial charge is 0.397 e. The second-order valence-electron chi connectivity index (χ2n) is 3.88. The smallest absolute Gasteiger partial charge is 0.0807 e. The van der Waals surface area contributed by atoms with Gasteiger partial charge in [0.1, 0.15) is 0 Å². The summed E-state index contributed by atoms with van der Waals surface area (Å²) in [4.78, 5) is 0. The molecular weight excluding hydrogens is 232 g/mol. The first-order valence-electron chi connectivity index (χ1n) is 5.60. The average molecular weight is 247 g/mol. The Bertz CT molecular complexity index is 503. The van der Waals surface area contributed by atoms with Gasteiger partial charge in [-0.15, -0.1) is 0 Å². The maximum atomic E-state index is 6.11. The van der Waals surface area contributed by atoms with Gasteiger partial charge in [0.15, 0.2) is 0 Å². The van der Waals surface area contributed by atoms with Gasteiger partial charge in [-0.2, -0.15) is 0 Å². The minimum Gasteiger partial charge on any atom is -0.397 e. The number of hydrogen-bond donors (Lipinski definition) is 2. The van der Waals surface area contributed by atoms with Gasteiger partial charge in [0, 0.05) is 5.69 Å². The third kappa shape index (κ3) is 2.71. The summed E-state index contributed by atoms with van der Waals surface area (Å²) in [5, 5.41) is 3.89. The Kier molecular flexibility index (Phi) is 3.55. The fourth-order valence-electron chi connectivity index (χ4n) is 1.69. The van der Waals surface area contributed by atoms with Crippen LogP contribution in [0.2, 0.25) is 5.02 Å². The van der Waals surface area contributed by atoms with E-state index in [-0.39, 0.29) is 0 Å². The molecule has 3 N–H and O–H groups in total. The first-order chi connectivity index (χ1) is 8.20. The van der Waals surface area contributed by atoms with Crippen LogP contribution in [0.5, 0.6) is 0 Å². The number of nitrogens with one attached hydrogen (secondary N) is 1. The second-order valence-corrected chi connectivity index (χ2v) is 4.29. The van der Waals surface area contributed by atoms with Gasteiger partial charge in [-0.05, 0) is 36.2 Å². The number of benzene rings is 2. The van der Waals surface area contributed by atoms with Crippen molar-refractivity contribution in [1.29, 1.82) is 0 Å². The zero-order valence-electron chi connectivity index (χ0n) is 9.70. The Morgan fingerprint density at radius 3 is 2.65 bits per heavy atom. The molecule has 3 heteroatoms. The lowest BCUT2D eigenvalue weighted by Crippen LogP contribution is -1.97. The molecule has 0 bridgehead atoms. The van der Waals surface area contributed by atoms with Crippen LogP contribution in [0.3, 0.4) is 0 Å². The van der Waals surface area contributed by atoms with Gasteiger partial charge < -0.3 is 11.1 Å². The molecule has 0 radical (unpaired) electrons. The normalized spacial score (nSPS) is 10.2. The highest BCUT2D eigenvalue weighted by Gasteiger charge is 2.04. The van der Waals surface area contributed by atoms with E-state index in [2.05, 4.69) is 24.4 Å². The number of rotatable bonds is 3. The standard InChI is InChI=1S/C14H15ClN2/c1-2-10-5-3-6-11(9-10)17-14-12(15)7-4-8-13(14)16/h3-9,17H,2,16H2,1H3. The number of hydrogen-bond acceptors (Lipinski definition) is 2.